The van der Waals surface area contributed by atoms with E-state index in [0.29, 0.717) is 31.9 Å². The summed E-state index contributed by atoms with van der Waals surface area (Å²) in [6, 6.07) is 7.84. The molecular formula is C17H29N3O2. The van der Waals surface area contributed by atoms with E-state index in [2.05, 4.69) is 15.6 Å². The average Bonchev–Trinajstić information content (AvgIpc) is 2.57. The normalized spacial score (nSPS) is 12.1. The molecule has 0 saturated heterocycles. The molecule has 5 heteroatoms. The van der Waals surface area contributed by atoms with E-state index in [9.17, 15) is 5.11 Å². The van der Waals surface area contributed by atoms with E-state index in [-0.39, 0.29) is 0 Å². The lowest BCUT2D eigenvalue weighted by Crippen LogP contribution is -2.46. The summed E-state index contributed by atoms with van der Waals surface area (Å²) in [5, 5.41) is 16.8. The summed E-state index contributed by atoms with van der Waals surface area (Å²) in [6.45, 7) is 7.78. The number of nitrogens with one attached hydrogen (secondary N) is 2. The van der Waals surface area contributed by atoms with E-state index in [4.69, 9.17) is 4.74 Å². The molecule has 0 amide bonds. The van der Waals surface area contributed by atoms with Crippen LogP contribution in [0.2, 0.25) is 0 Å². The standard InChI is InChI=1S/C17H29N3O2/c1-5-17(21,6-2)13-20-16(18-7-3)19-12-14-10-8-9-11-15(14)22-4/h8-11,21H,5-7,12-13H2,1-4H3,(H2,18,19,20). The highest BCUT2D eigenvalue weighted by Gasteiger charge is 2.22. The third kappa shape index (κ3) is 5.56. The van der Waals surface area contributed by atoms with Gasteiger partial charge in [0, 0.05) is 18.7 Å². The number of benzene rings is 1. The van der Waals surface area contributed by atoms with Gasteiger partial charge in [-0.1, -0.05) is 32.0 Å². The van der Waals surface area contributed by atoms with Crippen molar-refractivity contribution in [2.24, 2.45) is 4.99 Å². The number of aliphatic imine (C=N–C) groups is 1. The minimum Gasteiger partial charge on any atom is -0.496 e. The molecule has 3 N–H and O–H groups in total. The molecule has 0 aromatic heterocycles. The maximum Gasteiger partial charge on any atom is 0.191 e. The average molecular weight is 307 g/mol. The number of ether oxygens (including phenoxy) is 1. The van der Waals surface area contributed by atoms with Crippen molar-refractivity contribution >= 4 is 5.96 Å². The number of guanidine groups is 1. The molecule has 0 aliphatic carbocycles. The predicted molar refractivity (Wildman–Crippen MR) is 91.3 cm³/mol. The maximum atomic E-state index is 10.3. The fourth-order valence-corrected chi connectivity index (χ4v) is 2.09. The molecule has 0 atom stereocenters. The van der Waals surface area contributed by atoms with Gasteiger partial charge in [0.2, 0.25) is 0 Å². The van der Waals surface area contributed by atoms with Crippen LogP contribution in [0.1, 0.15) is 39.2 Å². The molecule has 0 saturated carbocycles. The summed E-state index contributed by atoms with van der Waals surface area (Å²) in [5.41, 5.74) is 0.337. The first kappa shape index (κ1) is 18.3. The predicted octanol–water partition coefficient (Wildman–Crippen LogP) is 2.30. The number of para-hydroxylation sites is 1. The van der Waals surface area contributed by atoms with Crippen molar-refractivity contribution < 1.29 is 9.84 Å². The Balaban J connectivity index is 2.73. The number of rotatable bonds is 8. The van der Waals surface area contributed by atoms with Crippen molar-refractivity contribution in [3.63, 3.8) is 0 Å². The molecule has 0 aliphatic rings. The number of hydrogen-bond acceptors (Lipinski definition) is 3. The van der Waals surface area contributed by atoms with Gasteiger partial charge in [0.25, 0.3) is 0 Å². The van der Waals surface area contributed by atoms with Crippen LogP contribution in [0.3, 0.4) is 0 Å². The zero-order valence-electron chi connectivity index (χ0n) is 14.1. The minimum absolute atomic E-state index is 0.484. The first-order chi connectivity index (χ1) is 10.6. The summed E-state index contributed by atoms with van der Waals surface area (Å²) in [4.78, 5) is 4.57. The Hall–Kier alpha value is -1.75. The van der Waals surface area contributed by atoms with Gasteiger partial charge < -0.3 is 20.5 Å². The third-order valence-corrected chi connectivity index (χ3v) is 3.85. The largest absolute Gasteiger partial charge is 0.496 e. The molecule has 22 heavy (non-hydrogen) atoms. The van der Waals surface area contributed by atoms with Crippen molar-refractivity contribution in [1.82, 2.24) is 10.6 Å². The van der Waals surface area contributed by atoms with Crippen LogP contribution >= 0.6 is 0 Å². The molecule has 0 bridgehead atoms. The second kappa shape index (κ2) is 9.30. The molecule has 0 radical (unpaired) electrons. The highest BCUT2D eigenvalue weighted by Crippen LogP contribution is 2.18. The molecule has 0 unspecified atom stereocenters. The van der Waals surface area contributed by atoms with Crippen LogP contribution < -0.4 is 15.4 Å². The van der Waals surface area contributed by atoms with Crippen LogP contribution in [0.5, 0.6) is 5.75 Å². The van der Waals surface area contributed by atoms with E-state index < -0.39 is 5.60 Å². The van der Waals surface area contributed by atoms with Crippen LogP contribution in [0.4, 0.5) is 0 Å². The van der Waals surface area contributed by atoms with Crippen molar-refractivity contribution in [3.8, 4) is 5.75 Å². The Morgan fingerprint density at radius 2 is 1.86 bits per heavy atom. The monoisotopic (exact) mass is 307 g/mol. The van der Waals surface area contributed by atoms with Gasteiger partial charge in [0.05, 0.1) is 19.3 Å². The van der Waals surface area contributed by atoms with Crippen LogP contribution in [-0.2, 0) is 6.54 Å². The van der Waals surface area contributed by atoms with Gasteiger partial charge >= 0.3 is 0 Å². The molecule has 5 nitrogen and oxygen atoms in total. The zero-order valence-corrected chi connectivity index (χ0v) is 14.1. The van der Waals surface area contributed by atoms with Gasteiger partial charge in [-0.2, -0.15) is 0 Å². The van der Waals surface area contributed by atoms with Gasteiger partial charge in [-0.15, -0.1) is 0 Å². The summed E-state index contributed by atoms with van der Waals surface area (Å²) < 4.78 is 5.34. The molecule has 0 aliphatic heterocycles. The summed E-state index contributed by atoms with van der Waals surface area (Å²) >= 11 is 0. The van der Waals surface area contributed by atoms with E-state index >= 15 is 0 Å². The smallest absolute Gasteiger partial charge is 0.191 e. The molecule has 1 aromatic rings. The first-order valence-electron chi connectivity index (χ1n) is 7.95. The SMILES string of the molecule is CCNC(=NCc1ccccc1OC)NCC(O)(CC)CC. The third-order valence-electron chi connectivity index (χ3n) is 3.85. The Bertz CT molecular complexity index is 471. The Labute approximate surface area is 133 Å². The van der Waals surface area contributed by atoms with E-state index in [1.54, 1.807) is 7.11 Å². The Kier molecular flexibility index (Phi) is 7.74. The first-order valence-corrected chi connectivity index (χ1v) is 7.95. The second-order valence-corrected chi connectivity index (χ2v) is 5.29. The van der Waals surface area contributed by atoms with E-state index in [1.807, 2.05) is 45.0 Å². The van der Waals surface area contributed by atoms with Crippen molar-refractivity contribution in [3.05, 3.63) is 29.8 Å². The van der Waals surface area contributed by atoms with E-state index in [0.717, 1.165) is 17.9 Å². The lowest BCUT2D eigenvalue weighted by molar-refractivity contribution is 0.0367. The maximum absolute atomic E-state index is 10.3. The molecule has 0 heterocycles. The summed E-state index contributed by atoms with van der Waals surface area (Å²) in [7, 11) is 1.66. The molecule has 1 aromatic carbocycles. The zero-order chi connectivity index (χ0) is 16.4. The number of hydrogen-bond donors (Lipinski definition) is 3. The number of nitrogens with zero attached hydrogens (tertiary/aromatic N) is 1. The van der Waals surface area contributed by atoms with Crippen LogP contribution in [0.15, 0.2) is 29.3 Å². The molecular weight excluding hydrogens is 278 g/mol. The Morgan fingerprint density at radius 1 is 1.18 bits per heavy atom. The van der Waals surface area contributed by atoms with Gasteiger partial charge in [-0.25, -0.2) is 4.99 Å². The Morgan fingerprint density at radius 3 is 2.45 bits per heavy atom. The van der Waals surface area contributed by atoms with Crippen LogP contribution in [0.25, 0.3) is 0 Å². The fraction of sp³-hybridized carbons (Fsp3) is 0.588. The van der Waals surface area contributed by atoms with E-state index in [1.165, 1.54) is 0 Å². The number of methoxy groups -OCH3 is 1. The van der Waals surface area contributed by atoms with Crippen molar-refractivity contribution in [2.75, 3.05) is 20.2 Å². The fourth-order valence-electron chi connectivity index (χ4n) is 2.09. The lowest BCUT2D eigenvalue weighted by Gasteiger charge is -2.26. The molecule has 124 valence electrons. The highest BCUT2D eigenvalue weighted by atomic mass is 16.5. The molecule has 0 spiro atoms. The van der Waals surface area contributed by atoms with Crippen molar-refractivity contribution in [1.29, 1.82) is 0 Å². The van der Waals surface area contributed by atoms with Gasteiger partial charge in [-0.05, 0) is 25.8 Å². The second-order valence-electron chi connectivity index (χ2n) is 5.29. The highest BCUT2D eigenvalue weighted by molar-refractivity contribution is 5.79. The topological polar surface area (TPSA) is 65.9 Å². The van der Waals surface area contributed by atoms with Crippen LogP contribution in [0, 0.1) is 0 Å². The van der Waals surface area contributed by atoms with Crippen molar-refractivity contribution in [2.45, 2.75) is 45.8 Å². The number of aliphatic hydroxyl groups is 1. The van der Waals surface area contributed by atoms with Crippen LogP contribution in [-0.4, -0.2) is 36.9 Å². The lowest BCUT2D eigenvalue weighted by atomic mass is 9.98. The van der Waals surface area contributed by atoms with Gasteiger partial charge in [0.1, 0.15) is 5.75 Å². The molecule has 0 fully saturated rings. The summed E-state index contributed by atoms with van der Waals surface area (Å²) in [6.07, 6.45) is 1.42. The van der Waals surface area contributed by atoms with Gasteiger partial charge in [-0.3, -0.25) is 0 Å². The summed E-state index contributed by atoms with van der Waals surface area (Å²) in [5.74, 6) is 1.54. The molecule has 1 rings (SSSR count). The minimum atomic E-state index is -0.694. The van der Waals surface area contributed by atoms with Gasteiger partial charge in [0.15, 0.2) is 5.96 Å². The quantitative estimate of drug-likeness (QED) is 0.509.